The molecule has 0 heterocycles. The monoisotopic (exact) mass is 438 g/mol. The molecule has 0 amide bonds. The third kappa shape index (κ3) is 8.63. The zero-order valence-corrected chi connectivity index (χ0v) is 21.1. The van der Waals surface area contributed by atoms with Gasteiger partial charge in [-0.25, -0.2) is 0 Å². The average Bonchev–Trinajstić information content (AvgIpc) is 2.82. The summed E-state index contributed by atoms with van der Waals surface area (Å²) < 4.78 is 0. The summed E-state index contributed by atoms with van der Waals surface area (Å²) in [6.07, 6.45) is 16.3. The molecule has 2 aliphatic rings. The molecule has 2 aliphatic carbocycles. The molecule has 184 valence electrons. The van der Waals surface area contributed by atoms with Gasteiger partial charge in [-0.15, -0.1) is 0 Å². The molecule has 3 heteroatoms. The van der Waals surface area contributed by atoms with E-state index in [2.05, 4.69) is 27.7 Å². The molecular weight excluding hydrogens is 384 g/mol. The van der Waals surface area contributed by atoms with Gasteiger partial charge in [0.1, 0.15) is 0 Å². The van der Waals surface area contributed by atoms with Crippen LogP contribution in [0.25, 0.3) is 0 Å². The lowest BCUT2D eigenvalue weighted by Gasteiger charge is -2.37. The average molecular weight is 439 g/mol. The summed E-state index contributed by atoms with van der Waals surface area (Å²) in [5.74, 6) is 3.01. The van der Waals surface area contributed by atoms with Crippen molar-refractivity contribution in [2.24, 2.45) is 35.5 Å². The van der Waals surface area contributed by atoms with Crippen molar-refractivity contribution in [2.45, 2.75) is 142 Å². The van der Waals surface area contributed by atoms with Gasteiger partial charge in [-0.2, -0.15) is 0 Å². The van der Waals surface area contributed by atoms with Crippen molar-refractivity contribution in [1.29, 1.82) is 0 Å². The molecule has 3 nitrogen and oxygen atoms in total. The number of rotatable bonds is 13. The van der Waals surface area contributed by atoms with Gasteiger partial charge in [0.15, 0.2) is 0 Å². The molecule has 3 N–H and O–H groups in total. The molecule has 0 saturated heterocycles. The lowest BCUT2D eigenvalue weighted by Crippen LogP contribution is -2.36. The standard InChI is InChI=1S/C28H54O3/c1-5-22-13-17-25(18-14-22)28(31)21(4)24(6-2)16-12-20(3)27(30)26(29)19-15-23-10-8-7-9-11-23/h20-31H,5-19H2,1-4H3/t20?,21?,22?,24-,25?,26?,27?,28?/m0/s1. The fourth-order valence-electron chi connectivity index (χ4n) is 6.56. The van der Waals surface area contributed by atoms with E-state index in [1.807, 2.05) is 0 Å². The minimum Gasteiger partial charge on any atom is -0.393 e. The van der Waals surface area contributed by atoms with Crippen LogP contribution in [-0.2, 0) is 0 Å². The summed E-state index contributed by atoms with van der Waals surface area (Å²) in [6, 6.07) is 0. The highest BCUT2D eigenvalue weighted by Crippen LogP contribution is 2.38. The van der Waals surface area contributed by atoms with Crippen LogP contribution in [0.4, 0.5) is 0 Å². The predicted molar refractivity (Wildman–Crippen MR) is 131 cm³/mol. The van der Waals surface area contributed by atoms with Crippen LogP contribution < -0.4 is 0 Å². The lowest BCUT2D eigenvalue weighted by molar-refractivity contribution is -0.0269. The van der Waals surface area contributed by atoms with E-state index < -0.39 is 12.2 Å². The van der Waals surface area contributed by atoms with Gasteiger partial charge in [0.2, 0.25) is 0 Å². The Morgan fingerprint density at radius 2 is 1.39 bits per heavy atom. The molecule has 2 saturated carbocycles. The fourth-order valence-corrected chi connectivity index (χ4v) is 6.56. The topological polar surface area (TPSA) is 60.7 Å². The van der Waals surface area contributed by atoms with Gasteiger partial charge in [0.25, 0.3) is 0 Å². The van der Waals surface area contributed by atoms with Gasteiger partial charge in [-0.1, -0.05) is 85.5 Å². The largest absolute Gasteiger partial charge is 0.393 e. The number of aliphatic hydroxyl groups is 3. The van der Waals surface area contributed by atoms with Crippen LogP contribution in [0.3, 0.4) is 0 Å². The van der Waals surface area contributed by atoms with Crippen molar-refractivity contribution in [3.8, 4) is 0 Å². The van der Waals surface area contributed by atoms with Crippen LogP contribution in [0.1, 0.15) is 124 Å². The number of aliphatic hydroxyl groups excluding tert-OH is 3. The van der Waals surface area contributed by atoms with Gasteiger partial charge in [-0.3, -0.25) is 0 Å². The van der Waals surface area contributed by atoms with E-state index in [0.29, 0.717) is 17.8 Å². The maximum absolute atomic E-state index is 11.1. The van der Waals surface area contributed by atoms with Crippen molar-refractivity contribution < 1.29 is 15.3 Å². The Balaban J connectivity index is 1.73. The van der Waals surface area contributed by atoms with E-state index >= 15 is 0 Å². The molecule has 0 spiro atoms. The van der Waals surface area contributed by atoms with E-state index in [0.717, 1.165) is 43.9 Å². The van der Waals surface area contributed by atoms with Gasteiger partial charge >= 0.3 is 0 Å². The SMILES string of the molecule is CCC1CCC(C(O)C(C)[C@@H](CC)CCC(C)C(O)C(O)CCC2CCCCC2)CC1. The molecule has 0 aromatic rings. The minimum atomic E-state index is -0.620. The molecule has 31 heavy (non-hydrogen) atoms. The smallest absolute Gasteiger partial charge is 0.0824 e. The Morgan fingerprint density at radius 3 is 1.97 bits per heavy atom. The quantitative estimate of drug-likeness (QED) is 0.299. The van der Waals surface area contributed by atoms with Gasteiger partial charge in [0.05, 0.1) is 18.3 Å². The first kappa shape index (κ1) is 27.1. The van der Waals surface area contributed by atoms with Crippen LogP contribution in [0, 0.1) is 35.5 Å². The molecule has 2 rings (SSSR count). The Hall–Kier alpha value is -0.120. The molecule has 0 radical (unpaired) electrons. The van der Waals surface area contributed by atoms with Crippen molar-refractivity contribution in [3.05, 3.63) is 0 Å². The van der Waals surface area contributed by atoms with Crippen LogP contribution in [0.2, 0.25) is 0 Å². The summed E-state index contributed by atoms with van der Waals surface area (Å²) >= 11 is 0. The molecule has 0 aliphatic heterocycles. The van der Waals surface area contributed by atoms with E-state index in [1.54, 1.807) is 0 Å². The first-order valence-corrected chi connectivity index (χ1v) is 13.9. The minimum absolute atomic E-state index is 0.111. The Kier molecular flexibility index (Phi) is 12.4. The van der Waals surface area contributed by atoms with Crippen LogP contribution in [0.15, 0.2) is 0 Å². The first-order chi connectivity index (χ1) is 14.9. The zero-order valence-electron chi connectivity index (χ0n) is 21.1. The Bertz CT molecular complexity index is 453. The zero-order chi connectivity index (χ0) is 22.8. The molecule has 5 unspecified atom stereocenters. The Labute approximate surface area is 193 Å². The molecule has 0 aromatic carbocycles. The van der Waals surface area contributed by atoms with Crippen LogP contribution >= 0.6 is 0 Å². The predicted octanol–water partition coefficient (Wildman–Crippen LogP) is 6.72. The highest BCUT2D eigenvalue weighted by molar-refractivity contribution is 4.84. The van der Waals surface area contributed by atoms with Crippen molar-refractivity contribution in [1.82, 2.24) is 0 Å². The van der Waals surface area contributed by atoms with Crippen molar-refractivity contribution in [2.75, 3.05) is 0 Å². The molecule has 2 fully saturated rings. The van der Waals surface area contributed by atoms with Gasteiger partial charge in [0, 0.05) is 0 Å². The second-order valence-corrected chi connectivity index (χ2v) is 11.4. The van der Waals surface area contributed by atoms with Crippen molar-refractivity contribution >= 4 is 0 Å². The summed E-state index contributed by atoms with van der Waals surface area (Å²) in [7, 11) is 0. The number of hydrogen-bond donors (Lipinski definition) is 3. The number of hydrogen-bond acceptors (Lipinski definition) is 3. The third-order valence-corrected chi connectivity index (χ3v) is 9.32. The van der Waals surface area contributed by atoms with Gasteiger partial charge < -0.3 is 15.3 Å². The van der Waals surface area contributed by atoms with E-state index in [1.165, 1.54) is 64.2 Å². The fraction of sp³-hybridized carbons (Fsp3) is 1.00. The van der Waals surface area contributed by atoms with Crippen molar-refractivity contribution in [3.63, 3.8) is 0 Å². The van der Waals surface area contributed by atoms with E-state index in [4.69, 9.17) is 0 Å². The third-order valence-electron chi connectivity index (χ3n) is 9.32. The maximum atomic E-state index is 11.1. The highest BCUT2D eigenvalue weighted by Gasteiger charge is 2.33. The normalized spacial score (nSPS) is 29.1. The molecular formula is C28H54O3. The summed E-state index contributed by atoms with van der Waals surface area (Å²) in [5.41, 5.74) is 0. The van der Waals surface area contributed by atoms with E-state index in [9.17, 15) is 15.3 Å². The first-order valence-electron chi connectivity index (χ1n) is 13.9. The highest BCUT2D eigenvalue weighted by atomic mass is 16.3. The van der Waals surface area contributed by atoms with Gasteiger partial charge in [-0.05, 0) is 74.0 Å². The summed E-state index contributed by atoms with van der Waals surface area (Å²) in [6.45, 7) is 8.86. The maximum Gasteiger partial charge on any atom is 0.0824 e. The molecule has 0 bridgehead atoms. The summed E-state index contributed by atoms with van der Waals surface area (Å²) in [5, 5.41) is 32.3. The Morgan fingerprint density at radius 1 is 0.742 bits per heavy atom. The molecule has 0 aromatic heterocycles. The van der Waals surface area contributed by atoms with E-state index in [-0.39, 0.29) is 12.0 Å². The van der Waals surface area contributed by atoms with Crippen LogP contribution in [0.5, 0.6) is 0 Å². The summed E-state index contributed by atoms with van der Waals surface area (Å²) in [4.78, 5) is 0. The molecule has 6 atom stereocenters. The van der Waals surface area contributed by atoms with Crippen LogP contribution in [-0.4, -0.2) is 33.6 Å². The second kappa shape index (κ2) is 14.2. The second-order valence-electron chi connectivity index (χ2n) is 11.4. The lowest BCUT2D eigenvalue weighted by atomic mass is 9.72.